The minimum atomic E-state index is -0.169. The van der Waals surface area contributed by atoms with Crippen LogP contribution in [0.5, 0.6) is 11.6 Å². The number of hydrogen-bond acceptors (Lipinski definition) is 6. The fourth-order valence-corrected chi connectivity index (χ4v) is 3.63. The van der Waals surface area contributed by atoms with Gasteiger partial charge in [-0.05, 0) is 49.2 Å². The van der Waals surface area contributed by atoms with E-state index in [0.717, 1.165) is 36.2 Å². The molecule has 3 heterocycles. The number of nitrogens with zero attached hydrogens (tertiary/aromatic N) is 3. The van der Waals surface area contributed by atoms with E-state index in [1.165, 1.54) is 0 Å². The monoisotopic (exact) mass is 400 g/mol. The first kappa shape index (κ1) is 18.4. The number of para-hydroxylation sites is 2. The Morgan fingerprint density at radius 3 is 2.70 bits per heavy atom. The zero-order chi connectivity index (χ0) is 20.3. The van der Waals surface area contributed by atoms with Gasteiger partial charge in [-0.15, -0.1) is 0 Å². The number of nitrogens with one attached hydrogen (secondary N) is 1. The van der Waals surface area contributed by atoms with Gasteiger partial charge in [0.15, 0.2) is 5.82 Å². The summed E-state index contributed by atoms with van der Waals surface area (Å²) in [5, 5.41) is 0. The van der Waals surface area contributed by atoms with Crippen LogP contribution < -0.4 is 4.74 Å². The van der Waals surface area contributed by atoms with Crippen LogP contribution in [-0.4, -0.2) is 38.9 Å². The van der Waals surface area contributed by atoms with Crippen molar-refractivity contribution >= 4 is 16.8 Å². The summed E-state index contributed by atoms with van der Waals surface area (Å²) in [4.78, 5) is 29.0. The molecular formula is C23H20N4O3. The van der Waals surface area contributed by atoms with E-state index in [-0.39, 0.29) is 11.7 Å². The second-order valence-electron chi connectivity index (χ2n) is 7.22. The Kier molecular flexibility index (Phi) is 4.94. The molecule has 7 heteroatoms. The third kappa shape index (κ3) is 3.67. The number of fused-ring (bicyclic) bond motifs is 1. The lowest BCUT2D eigenvalue weighted by molar-refractivity contribution is 0.0784. The maximum absolute atomic E-state index is 12.8. The molecule has 1 saturated heterocycles. The summed E-state index contributed by atoms with van der Waals surface area (Å²) in [5.74, 6) is 1.39. The van der Waals surface area contributed by atoms with Gasteiger partial charge in [0.1, 0.15) is 11.4 Å². The van der Waals surface area contributed by atoms with Crippen LogP contribution in [0.4, 0.5) is 0 Å². The molecule has 1 aliphatic rings. The Morgan fingerprint density at radius 2 is 1.90 bits per heavy atom. The fraction of sp³-hybridized carbons (Fsp3) is 0.217. The maximum atomic E-state index is 12.8. The van der Waals surface area contributed by atoms with Crippen molar-refractivity contribution < 1.29 is 14.3 Å². The standard InChI is InChI=1S/C23H20N4O3/c28-21(22-26-18-5-1-2-6-19(18)27-22)15-7-9-17(10-8-15)30-23-20(24-11-12-25-23)16-4-3-13-29-14-16/h1-2,5-12,16H,3-4,13-14H2,(H,26,27). The van der Waals surface area contributed by atoms with Crippen LogP contribution in [0.2, 0.25) is 0 Å². The van der Waals surface area contributed by atoms with Crippen LogP contribution in [-0.2, 0) is 4.74 Å². The summed E-state index contributed by atoms with van der Waals surface area (Å²) in [5.41, 5.74) is 2.94. The summed E-state index contributed by atoms with van der Waals surface area (Å²) < 4.78 is 11.6. The molecule has 0 radical (unpaired) electrons. The van der Waals surface area contributed by atoms with E-state index in [1.807, 2.05) is 24.3 Å². The van der Waals surface area contributed by atoms with Crippen molar-refractivity contribution in [3.05, 3.63) is 78.0 Å². The SMILES string of the molecule is O=C(c1ccc(Oc2nccnc2C2CCCOC2)cc1)c1nc2ccccc2[nH]1. The number of imidazole rings is 1. The predicted molar refractivity (Wildman–Crippen MR) is 111 cm³/mol. The number of ether oxygens (including phenoxy) is 2. The Bertz CT molecular complexity index is 1150. The molecule has 0 amide bonds. The van der Waals surface area contributed by atoms with Crippen molar-refractivity contribution in [1.29, 1.82) is 0 Å². The molecule has 0 saturated carbocycles. The molecule has 0 spiro atoms. The second-order valence-corrected chi connectivity index (χ2v) is 7.22. The van der Waals surface area contributed by atoms with Gasteiger partial charge in [-0.3, -0.25) is 9.78 Å². The largest absolute Gasteiger partial charge is 0.437 e. The van der Waals surface area contributed by atoms with Gasteiger partial charge in [0.25, 0.3) is 0 Å². The highest BCUT2D eigenvalue weighted by atomic mass is 16.5. The number of H-pyrrole nitrogens is 1. The highest BCUT2D eigenvalue weighted by Gasteiger charge is 2.22. The first-order valence-electron chi connectivity index (χ1n) is 9.94. The van der Waals surface area contributed by atoms with Crippen LogP contribution in [0.15, 0.2) is 60.9 Å². The van der Waals surface area contributed by atoms with E-state index < -0.39 is 0 Å². The van der Waals surface area contributed by atoms with Crippen molar-refractivity contribution in [2.75, 3.05) is 13.2 Å². The first-order valence-corrected chi connectivity index (χ1v) is 9.94. The minimum Gasteiger partial charge on any atom is -0.437 e. The molecule has 2 aromatic carbocycles. The quantitative estimate of drug-likeness (QED) is 0.503. The smallest absolute Gasteiger partial charge is 0.241 e. The number of aromatic nitrogens is 4. The molecule has 1 fully saturated rings. The summed E-state index contributed by atoms with van der Waals surface area (Å²) in [6.07, 6.45) is 5.28. The van der Waals surface area contributed by atoms with E-state index in [4.69, 9.17) is 9.47 Å². The van der Waals surface area contributed by atoms with E-state index in [2.05, 4.69) is 19.9 Å². The van der Waals surface area contributed by atoms with Crippen LogP contribution in [0, 0.1) is 0 Å². The van der Waals surface area contributed by atoms with Crippen LogP contribution in [0.25, 0.3) is 11.0 Å². The van der Waals surface area contributed by atoms with Crippen LogP contribution in [0.3, 0.4) is 0 Å². The van der Waals surface area contributed by atoms with Gasteiger partial charge < -0.3 is 14.5 Å². The number of ketones is 1. The Hall–Kier alpha value is -3.58. The average Bonchev–Trinajstić information content (AvgIpc) is 3.24. The molecule has 1 unspecified atom stereocenters. The number of rotatable bonds is 5. The van der Waals surface area contributed by atoms with Gasteiger partial charge in [-0.2, -0.15) is 0 Å². The highest BCUT2D eigenvalue weighted by molar-refractivity contribution is 6.08. The molecule has 2 aromatic heterocycles. The second kappa shape index (κ2) is 8.04. The third-order valence-electron chi connectivity index (χ3n) is 5.17. The topological polar surface area (TPSA) is 90.0 Å². The number of carbonyl (C=O) groups is 1. The summed E-state index contributed by atoms with van der Waals surface area (Å²) in [7, 11) is 0. The molecule has 1 atom stereocenters. The van der Waals surface area contributed by atoms with Crippen molar-refractivity contribution in [3.8, 4) is 11.6 Å². The Morgan fingerprint density at radius 1 is 1.07 bits per heavy atom. The molecule has 7 nitrogen and oxygen atoms in total. The number of benzene rings is 2. The van der Waals surface area contributed by atoms with Crippen LogP contribution in [0.1, 0.15) is 40.6 Å². The normalized spacial score (nSPS) is 16.5. The molecule has 1 N–H and O–H groups in total. The fourth-order valence-electron chi connectivity index (χ4n) is 3.63. The average molecular weight is 400 g/mol. The van der Waals surface area contributed by atoms with E-state index >= 15 is 0 Å². The molecule has 5 rings (SSSR count). The molecule has 4 aromatic rings. The number of carbonyl (C=O) groups excluding carboxylic acids is 1. The van der Waals surface area contributed by atoms with Gasteiger partial charge in [-0.25, -0.2) is 9.97 Å². The summed E-state index contributed by atoms with van der Waals surface area (Å²) >= 11 is 0. The maximum Gasteiger partial charge on any atom is 0.241 e. The van der Waals surface area contributed by atoms with Gasteiger partial charge >= 0.3 is 0 Å². The first-order chi connectivity index (χ1) is 14.8. The molecule has 150 valence electrons. The zero-order valence-corrected chi connectivity index (χ0v) is 16.2. The van der Waals surface area contributed by atoms with Crippen molar-refractivity contribution in [2.24, 2.45) is 0 Å². The van der Waals surface area contributed by atoms with Crippen molar-refractivity contribution in [3.63, 3.8) is 0 Å². The molecular weight excluding hydrogens is 380 g/mol. The zero-order valence-electron chi connectivity index (χ0n) is 16.2. The van der Waals surface area contributed by atoms with Gasteiger partial charge in [0.05, 0.1) is 17.6 Å². The van der Waals surface area contributed by atoms with Gasteiger partial charge in [0.2, 0.25) is 11.7 Å². The third-order valence-corrected chi connectivity index (χ3v) is 5.17. The highest BCUT2D eigenvalue weighted by Crippen LogP contribution is 2.31. The van der Waals surface area contributed by atoms with Crippen molar-refractivity contribution in [2.45, 2.75) is 18.8 Å². The number of aromatic amines is 1. The Balaban J connectivity index is 1.35. The van der Waals surface area contributed by atoms with E-state index in [9.17, 15) is 4.79 Å². The van der Waals surface area contributed by atoms with Crippen molar-refractivity contribution in [1.82, 2.24) is 19.9 Å². The van der Waals surface area contributed by atoms with E-state index in [1.54, 1.807) is 36.7 Å². The van der Waals surface area contributed by atoms with E-state index in [0.29, 0.717) is 29.6 Å². The molecule has 30 heavy (non-hydrogen) atoms. The molecule has 1 aliphatic heterocycles. The Labute approximate surface area is 173 Å². The predicted octanol–water partition coefficient (Wildman–Crippen LogP) is 4.27. The lowest BCUT2D eigenvalue weighted by Crippen LogP contribution is -2.17. The summed E-state index contributed by atoms with van der Waals surface area (Å²) in [6, 6.07) is 14.5. The lowest BCUT2D eigenvalue weighted by Gasteiger charge is -2.22. The molecule has 0 bridgehead atoms. The van der Waals surface area contributed by atoms with Gasteiger partial charge in [0, 0.05) is 30.5 Å². The lowest BCUT2D eigenvalue weighted by atomic mass is 9.98. The summed E-state index contributed by atoms with van der Waals surface area (Å²) in [6.45, 7) is 1.41. The van der Waals surface area contributed by atoms with Gasteiger partial charge in [-0.1, -0.05) is 12.1 Å². The molecule has 0 aliphatic carbocycles. The van der Waals surface area contributed by atoms with Crippen LogP contribution >= 0.6 is 0 Å². The number of hydrogen-bond donors (Lipinski definition) is 1. The minimum absolute atomic E-state index is 0.169.